The van der Waals surface area contributed by atoms with Gasteiger partial charge in [-0.2, -0.15) is 0 Å². The Morgan fingerprint density at radius 1 is 1.14 bits per heavy atom. The summed E-state index contributed by atoms with van der Waals surface area (Å²) in [5, 5.41) is 3.51. The minimum atomic E-state index is 0.377. The first-order valence-electron chi connectivity index (χ1n) is 8.68. The predicted molar refractivity (Wildman–Crippen MR) is 85.7 cm³/mol. The van der Waals surface area contributed by atoms with Gasteiger partial charge in [0.1, 0.15) is 0 Å². The molecule has 0 aliphatic carbocycles. The van der Waals surface area contributed by atoms with E-state index in [9.17, 15) is 0 Å². The number of nitrogens with one attached hydrogen (secondary N) is 1. The summed E-state index contributed by atoms with van der Waals surface area (Å²) in [5.41, 5.74) is 0. The van der Waals surface area contributed by atoms with Crippen molar-refractivity contribution >= 4 is 5.96 Å². The van der Waals surface area contributed by atoms with Crippen molar-refractivity contribution in [2.75, 3.05) is 46.4 Å². The number of likely N-dealkylation sites (tertiary alicyclic amines) is 2. The molecule has 0 aromatic heterocycles. The fourth-order valence-electron chi connectivity index (χ4n) is 3.86. The Kier molecular flexibility index (Phi) is 5.36. The Morgan fingerprint density at radius 2 is 2.00 bits per heavy atom. The van der Waals surface area contributed by atoms with Gasteiger partial charge in [0, 0.05) is 39.3 Å². The van der Waals surface area contributed by atoms with E-state index in [-0.39, 0.29) is 0 Å². The van der Waals surface area contributed by atoms with E-state index in [4.69, 9.17) is 4.74 Å². The molecular weight excluding hydrogens is 264 g/mol. The number of ether oxygens (including phenoxy) is 1. The lowest BCUT2D eigenvalue weighted by molar-refractivity contribution is 0.113. The normalized spacial score (nSPS) is 31.9. The van der Waals surface area contributed by atoms with Crippen molar-refractivity contribution in [1.82, 2.24) is 15.1 Å². The maximum atomic E-state index is 5.68. The van der Waals surface area contributed by atoms with Crippen LogP contribution in [0.1, 0.15) is 38.5 Å². The minimum Gasteiger partial charge on any atom is -0.376 e. The second kappa shape index (κ2) is 7.45. The Hall–Kier alpha value is -0.810. The van der Waals surface area contributed by atoms with Gasteiger partial charge in [-0.1, -0.05) is 6.42 Å². The van der Waals surface area contributed by atoms with Crippen LogP contribution in [-0.2, 0) is 4.74 Å². The molecule has 0 spiro atoms. The molecule has 1 N–H and O–H groups in total. The zero-order chi connectivity index (χ0) is 14.5. The molecular formula is C16H30N4O. The maximum absolute atomic E-state index is 5.68. The van der Waals surface area contributed by atoms with Gasteiger partial charge in [-0.15, -0.1) is 0 Å². The summed E-state index contributed by atoms with van der Waals surface area (Å²) in [5.74, 6) is 1.06. The topological polar surface area (TPSA) is 40.1 Å². The van der Waals surface area contributed by atoms with Crippen molar-refractivity contribution in [3.63, 3.8) is 0 Å². The predicted octanol–water partition coefficient (Wildman–Crippen LogP) is 1.30. The molecule has 120 valence electrons. The summed E-state index contributed by atoms with van der Waals surface area (Å²) in [6, 6.07) is 0.728. The first kappa shape index (κ1) is 15.1. The lowest BCUT2D eigenvalue weighted by Crippen LogP contribution is -2.46. The lowest BCUT2D eigenvalue weighted by atomic mass is 10.1. The summed E-state index contributed by atoms with van der Waals surface area (Å²) in [6.07, 6.45) is 8.21. The second-order valence-electron chi connectivity index (χ2n) is 6.55. The Bertz CT molecular complexity index is 348. The van der Waals surface area contributed by atoms with Crippen LogP contribution in [0.2, 0.25) is 0 Å². The van der Waals surface area contributed by atoms with Crippen molar-refractivity contribution in [3.05, 3.63) is 0 Å². The van der Waals surface area contributed by atoms with Crippen LogP contribution in [0.4, 0.5) is 0 Å². The van der Waals surface area contributed by atoms with Crippen LogP contribution >= 0.6 is 0 Å². The number of nitrogens with zero attached hydrogens (tertiary/aromatic N) is 3. The van der Waals surface area contributed by atoms with Crippen LogP contribution in [0.5, 0.6) is 0 Å². The van der Waals surface area contributed by atoms with E-state index in [1.54, 1.807) is 0 Å². The Labute approximate surface area is 128 Å². The molecule has 0 aromatic rings. The van der Waals surface area contributed by atoms with E-state index in [0.29, 0.717) is 6.10 Å². The Balaban J connectivity index is 1.46. The highest BCUT2D eigenvalue weighted by Gasteiger charge is 2.30. The van der Waals surface area contributed by atoms with Gasteiger partial charge in [-0.25, -0.2) is 0 Å². The number of hydrogen-bond donors (Lipinski definition) is 1. The fraction of sp³-hybridized carbons (Fsp3) is 0.938. The largest absolute Gasteiger partial charge is 0.376 e. The van der Waals surface area contributed by atoms with Gasteiger partial charge < -0.3 is 15.0 Å². The molecule has 5 heteroatoms. The third-order valence-electron chi connectivity index (χ3n) is 5.09. The molecule has 21 heavy (non-hydrogen) atoms. The summed E-state index contributed by atoms with van der Waals surface area (Å²) in [4.78, 5) is 9.58. The fourth-order valence-corrected chi connectivity index (χ4v) is 3.86. The first-order valence-corrected chi connectivity index (χ1v) is 8.68. The summed E-state index contributed by atoms with van der Waals surface area (Å²) >= 11 is 0. The highest BCUT2D eigenvalue weighted by molar-refractivity contribution is 5.80. The van der Waals surface area contributed by atoms with Gasteiger partial charge in [0.15, 0.2) is 5.96 Å². The molecule has 3 heterocycles. The molecule has 0 bridgehead atoms. The van der Waals surface area contributed by atoms with Gasteiger partial charge in [0.05, 0.1) is 6.10 Å². The molecule has 5 nitrogen and oxygen atoms in total. The maximum Gasteiger partial charge on any atom is 0.193 e. The van der Waals surface area contributed by atoms with Gasteiger partial charge in [0.2, 0.25) is 0 Å². The van der Waals surface area contributed by atoms with E-state index < -0.39 is 0 Å². The molecule has 2 unspecified atom stereocenters. The zero-order valence-corrected chi connectivity index (χ0v) is 13.4. The summed E-state index contributed by atoms with van der Waals surface area (Å²) in [6.45, 7) is 6.67. The molecule has 3 fully saturated rings. The van der Waals surface area contributed by atoms with Crippen molar-refractivity contribution in [3.8, 4) is 0 Å². The van der Waals surface area contributed by atoms with Crippen LogP contribution < -0.4 is 5.32 Å². The highest BCUT2D eigenvalue weighted by Crippen LogP contribution is 2.20. The van der Waals surface area contributed by atoms with E-state index in [2.05, 4.69) is 20.1 Å². The molecule has 3 saturated heterocycles. The molecule has 0 saturated carbocycles. The lowest BCUT2D eigenvalue weighted by Gasteiger charge is -2.32. The van der Waals surface area contributed by atoms with Crippen LogP contribution in [0.3, 0.4) is 0 Å². The Morgan fingerprint density at radius 3 is 2.71 bits per heavy atom. The number of aliphatic imine (C=N–C) groups is 1. The molecule has 2 atom stereocenters. The standard InChI is InChI=1S/C16H30N4O/c1-17-16(18-12-15-6-5-11-21-15)20-10-7-14(13-20)19-8-3-2-4-9-19/h14-15H,2-13H2,1H3,(H,17,18). The average molecular weight is 294 g/mol. The van der Waals surface area contributed by atoms with E-state index in [1.807, 2.05) is 7.05 Å². The van der Waals surface area contributed by atoms with Crippen LogP contribution in [0, 0.1) is 0 Å². The van der Waals surface area contributed by atoms with Gasteiger partial charge >= 0.3 is 0 Å². The molecule has 3 aliphatic rings. The van der Waals surface area contributed by atoms with Crippen molar-refractivity contribution in [2.45, 2.75) is 50.7 Å². The molecule has 0 radical (unpaired) electrons. The number of guanidine groups is 1. The molecule has 3 rings (SSSR count). The van der Waals surface area contributed by atoms with Crippen LogP contribution in [0.25, 0.3) is 0 Å². The van der Waals surface area contributed by atoms with E-state index in [0.717, 1.165) is 38.2 Å². The van der Waals surface area contributed by atoms with E-state index >= 15 is 0 Å². The van der Waals surface area contributed by atoms with Gasteiger partial charge in [-0.05, 0) is 45.2 Å². The average Bonchev–Trinajstić information content (AvgIpc) is 3.20. The van der Waals surface area contributed by atoms with Crippen molar-refractivity contribution in [2.24, 2.45) is 4.99 Å². The minimum absolute atomic E-state index is 0.377. The van der Waals surface area contributed by atoms with E-state index in [1.165, 1.54) is 51.6 Å². The van der Waals surface area contributed by atoms with Gasteiger partial charge in [0.25, 0.3) is 0 Å². The number of rotatable bonds is 3. The quantitative estimate of drug-likeness (QED) is 0.629. The smallest absolute Gasteiger partial charge is 0.193 e. The third-order valence-corrected chi connectivity index (χ3v) is 5.09. The molecule has 3 aliphatic heterocycles. The van der Waals surface area contributed by atoms with Crippen molar-refractivity contribution < 1.29 is 4.74 Å². The molecule has 0 amide bonds. The number of hydrogen-bond acceptors (Lipinski definition) is 3. The summed E-state index contributed by atoms with van der Waals surface area (Å²) < 4.78 is 5.68. The van der Waals surface area contributed by atoms with Crippen LogP contribution in [0.15, 0.2) is 4.99 Å². The SMILES string of the molecule is CN=C(NCC1CCCO1)N1CCC(N2CCCCC2)C1. The van der Waals surface area contributed by atoms with Crippen LogP contribution in [-0.4, -0.2) is 74.3 Å². The third kappa shape index (κ3) is 3.89. The monoisotopic (exact) mass is 294 g/mol. The molecule has 0 aromatic carbocycles. The number of piperidine rings is 1. The summed E-state index contributed by atoms with van der Waals surface area (Å²) in [7, 11) is 1.89. The van der Waals surface area contributed by atoms with Gasteiger partial charge in [-0.3, -0.25) is 9.89 Å². The highest BCUT2D eigenvalue weighted by atomic mass is 16.5. The second-order valence-corrected chi connectivity index (χ2v) is 6.55. The zero-order valence-electron chi connectivity index (χ0n) is 13.4. The van der Waals surface area contributed by atoms with Crippen molar-refractivity contribution in [1.29, 1.82) is 0 Å². The first-order chi connectivity index (χ1) is 10.4.